The summed E-state index contributed by atoms with van der Waals surface area (Å²) < 4.78 is 1.87. The van der Waals surface area contributed by atoms with Gasteiger partial charge in [-0.1, -0.05) is 15.9 Å². The summed E-state index contributed by atoms with van der Waals surface area (Å²) in [6, 6.07) is 8.08. The number of nitrogens with zero attached hydrogens (tertiary/aromatic N) is 2. The molecule has 0 bridgehead atoms. The number of piperidine rings is 1. The fraction of sp³-hybridized carbons (Fsp3) is 0.429. The number of carbonyl (C=O) groups excluding carboxylic acids is 1. The molecule has 0 atom stereocenters. The number of amides is 1. The predicted molar refractivity (Wildman–Crippen MR) is 85.7 cm³/mol. The number of rotatable bonds is 1. The Morgan fingerprint density at radius 1 is 1.47 bits per heavy atom. The first-order valence-electron chi connectivity index (χ1n) is 6.11. The van der Waals surface area contributed by atoms with Crippen molar-refractivity contribution in [1.29, 1.82) is 5.26 Å². The van der Waals surface area contributed by atoms with Crippen molar-refractivity contribution >= 4 is 44.4 Å². The number of nitriles is 1. The Morgan fingerprint density at radius 3 is 2.68 bits per heavy atom. The van der Waals surface area contributed by atoms with Crippen molar-refractivity contribution in [2.45, 2.75) is 19.8 Å². The zero-order valence-corrected chi connectivity index (χ0v) is 14.4. The van der Waals surface area contributed by atoms with E-state index in [1.165, 1.54) is 0 Å². The maximum Gasteiger partial charge on any atom is 0.254 e. The van der Waals surface area contributed by atoms with E-state index >= 15 is 0 Å². The molecule has 1 aromatic rings. The topological polar surface area (TPSA) is 44.1 Å². The van der Waals surface area contributed by atoms with Crippen LogP contribution < -0.4 is 0 Å². The van der Waals surface area contributed by atoms with Crippen LogP contribution >= 0.6 is 38.5 Å². The fourth-order valence-electron chi connectivity index (χ4n) is 2.15. The maximum atomic E-state index is 12.5. The Balaban J connectivity index is 2.14. The van der Waals surface area contributed by atoms with Gasteiger partial charge in [0.05, 0.1) is 17.0 Å². The third-order valence-corrected chi connectivity index (χ3v) is 5.02. The van der Waals surface area contributed by atoms with Gasteiger partial charge < -0.3 is 4.90 Å². The quantitative estimate of drug-likeness (QED) is 0.633. The lowest BCUT2D eigenvalue weighted by molar-refractivity contribution is 0.0660. The lowest BCUT2D eigenvalue weighted by atomic mass is 9.82. The van der Waals surface area contributed by atoms with Crippen molar-refractivity contribution in [3.8, 4) is 6.07 Å². The van der Waals surface area contributed by atoms with Crippen LogP contribution in [0, 0.1) is 20.3 Å². The molecule has 0 saturated carbocycles. The molecule has 19 heavy (non-hydrogen) atoms. The second-order valence-electron chi connectivity index (χ2n) is 5.09. The summed E-state index contributed by atoms with van der Waals surface area (Å²) in [4.78, 5) is 14.3. The van der Waals surface area contributed by atoms with Crippen LogP contribution in [0.4, 0.5) is 0 Å². The zero-order valence-electron chi connectivity index (χ0n) is 10.6. The van der Waals surface area contributed by atoms with Gasteiger partial charge in [-0.2, -0.15) is 5.26 Å². The molecule has 1 amide bonds. The lowest BCUT2D eigenvalue weighted by Crippen LogP contribution is -2.41. The second-order valence-corrected chi connectivity index (χ2v) is 7.17. The molecular weight excluding hydrogens is 419 g/mol. The van der Waals surface area contributed by atoms with E-state index in [-0.39, 0.29) is 11.3 Å². The van der Waals surface area contributed by atoms with E-state index in [1.54, 1.807) is 0 Å². The Hall–Kier alpha value is -0.610. The van der Waals surface area contributed by atoms with Crippen LogP contribution in [0.3, 0.4) is 0 Å². The minimum Gasteiger partial charge on any atom is -0.339 e. The van der Waals surface area contributed by atoms with E-state index in [9.17, 15) is 4.79 Å². The Labute approximate surface area is 135 Å². The molecule has 3 nitrogen and oxygen atoms in total. The van der Waals surface area contributed by atoms with Crippen LogP contribution in [0.2, 0.25) is 0 Å². The van der Waals surface area contributed by atoms with Gasteiger partial charge in [0, 0.05) is 21.1 Å². The molecule has 0 N–H and O–H groups in total. The van der Waals surface area contributed by atoms with Gasteiger partial charge >= 0.3 is 0 Å². The number of hydrogen-bond donors (Lipinski definition) is 0. The number of likely N-dealkylation sites (tertiary alicyclic amines) is 1. The molecule has 2 rings (SSSR count). The fourth-order valence-corrected chi connectivity index (χ4v) is 3.07. The first-order chi connectivity index (χ1) is 8.95. The third-order valence-electron chi connectivity index (χ3n) is 3.58. The summed E-state index contributed by atoms with van der Waals surface area (Å²) >= 11 is 5.58. The van der Waals surface area contributed by atoms with Gasteiger partial charge in [0.2, 0.25) is 0 Å². The molecule has 1 aliphatic rings. The highest BCUT2D eigenvalue weighted by Gasteiger charge is 2.32. The smallest absolute Gasteiger partial charge is 0.254 e. The molecule has 5 heteroatoms. The Bertz CT molecular complexity index is 545. The highest BCUT2D eigenvalue weighted by Crippen LogP contribution is 2.31. The molecule has 1 aromatic carbocycles. The van der Waals surface area contributed by atoms with Gasteiger partial charge in [0.25, 0.3) is 5.91 Å². The van der Waals surface area contributed by atoms with Gasteiger partial charge in [-0.05, 0) is 60.6 Å². The highest BCUT2D eigenvalue weighted by molar-refractivity contribution is 14.1. The van der Waals surface area contributed by atoms with Crippen LogP contribution in [-0.4, -0.2) is 23.9 Å². The summed E-state index contributed by atoms with van der Waals surface area (Å²) in [5, 5.41) is 9.11. The highest BCUT2D eigenvalue weighted by atomic mass is 127. The molecule has 0 spiro atoms. The summed E-state index contributed by atoms with van der Waals surface area (Å²) in [7, 11) is 0. The molecule has 0 radical (unpaired) electrons. The first kappa shape index (κ1) is 14.8. The predicted octanol–water partition coefficient (Wildman–Crippen LogP) is 3.82. The molecule has 1 fully saturated rings. The Kier molecular flexibility index (Phi) is 4.51. The third kappa shape index (κ3) is 3.29. The van der Waals surface area contributed by atoms with Gasteiger partial charge in [-0.3, -0.25) is 4.79 Å². The number of halogens is 2. The van der Waals surface area contributed by atoms with Crippen molar-refractivity contribution in [2.24, 2.45) is 5.41 Å². The van der Waals surface area contributed by atoms with E-state index in [2.05, 4.69) is 44.6 Å². The Morgan fingerprint density at radius 2 is 2.11 bits per heavy atom. The minimum absolute atomic E-state index is 0.0608. The van der Waals surface area contributed by atoms with Crippen LogP contribution in [0.5, 0.6) is 0 Å². The van der Waals surface area contributed by atoms with Crippen LogP contribution in [0.25, 0.3) is 0 Å². The summed E-state index contributed by atoms with van der Waals surface area (Å²) in [5.41, 5.74) is 0.455. The standard InChI is InChI=1S/C14H14BrIN2O/c1-14(9-17)4-6-18(7-5-14)13(19)11-8-10(15)2-3-12(11)16/h2-3,8H,4-7H2,1H3. The SMILES string of the molecule is CC1(C#N)CCN(C(=O)c2cc(Br)ccc2I)CC1. The molecule has 1 saturated heterocycles. The number of hydrogen-bond acceptors (Lipinski definition) is 2. The number of carbonyl (C=O) groups is 1. The molecule has 100 valence electrons. The molecule has 0 aromatic heterocycles. The van der Waals surface area contributed by atoms with Crippen molar-refractivity contribution in [3.05, 3.63) is 31.8 Å². The largest absolute Gasteiger partial charge is 0.339 e. The maximum absolute atomic E-state index is 12.5. The van der Waals surface area contributed by atoms with E-state index in [1.807, 2.05) is 30.0 Å². The summed E-state index contributed by atoms with van der Waals surface area (Å²) in [5.74, 6) is 0.0608. The molecular formula is C14H14BrIN2O. The van der Waals surface area contributed by atoms with E-state index < -0.39 is 0 Å². The summed E-state index contributed by atoms with van der Waals surface area (Å²) in [6.07, 6.45) is 1.50. The van der Waals surface area contributed by atoms with Crippen LogP contribution in [-0.2, 0) is 0 Å². The molecule has 1 heterocycles. The van der Waals surface area contributed by atoms with Crippen molar-refractivity contribution in [1.82, 2.24) is 4.90 Å². The van der Waals surface area contributed by atoms with Crippen LogP contribution in [0.15, 0.2) is 22.7 Å². The normalized spacial score (nSPS) is 17.9. The van der Waals surface area contributed by atoms with Gasteiger partial charge in [0.15, 0.2) is 0 Å². The lowest BCUT2D eigenvalue weighted by Gasteiger charge is -2.35. The monoisotopic (exact) mass is 432 g/mol. The average Bonchev–Trinajstić information content (AvgIpc) is 2.42. The zero-order chi connectivity index (χ0) is 14.0. The average molecular weight is 433 g/mol. The van der Waals surface area contributed by atoms with Crippen molar-refractivity contribution in [3.63, 3.8) is 0 Å². The first-order valence-corrected chi connectivity index (χ1v) is 7.98. The summed E-state index contributed by atoms with van der Waals surface area (Å²) in [6.45, 7) is 3.29. The van der Waals surface area contributed by atoms with E-state index in [0.29, 0.717) is 13.1 Å². The molecule has 1 aliphatic heterocycles. The van der Waals surface area contributed by atoms with Crippen LogP contribution in [0.1, 0.15) is 30.1 Å². The van der Waals surface area contributed by atoms with Crippen molar-refractivity contribution in [2.75, 3.05) is 13.1 Å². The van der Waals surface area contributed by atoms with Gasteiger partial charge in [0.1, 0.15) is 0 Å². The second kappa shape index (κ2) is 5.80. The minimum atomic E-state index is -0.277. The number of benzene rings is 1. The van der Waals surface area contributed by atoms with E-state index in [0.717, 1.165) is 26.4 Å². The van der Waals surface area contributed by atoms with E-state index in [4.69, 9.17) is 5.26 Å². The van der Waals surface area contributed by atoms with Gasteiger partial charge in [-0.15, -0.1) is 0 Å². The molecule has 0 unspecified atom stereocenters. The van der Waals surface area contributed by atoms with Gasteiger partial charge in [-0.25, -0.2) is 0 Å². The molecule has 0 aliphatic carbocycles. The van der Waals surface area contributed by atoms with Crippen molar-refractivity contribution < 1.29 is 4.79 Å².